The molecule has 1 amide bonds. The van der Waals surface area contributed by atoms with Crippen molar-refractivity contribution in [2.75, 3.05) is 19.6 Å². The molecule has 7 heteroatoms. The lowest BCUT2D eigenvalue weighted by atomic mass is 9.95. The Morgan fingerprint density at radius 1 is 1.26 bits per heavy atom. The number of benzene rings is 1. The fourth-order valence-electron chi connectivity index (χ4n) is 3.92. The second kappa shape index (κ2) is 8.42. The Balaban J connectivity index is 0.00000210. The first-order chi connectivity index (χ1) is 12.6. The summed E-state index contributed by atoms with van der Waals surface area (Å²) in [6.07, 6.45) is 3.69. The van der Waals surface area contributed by atoms with Crippen LogP contribution in [0.3, 0.4) is 0 Å². The smallest absolute Gasteiger partial charge is 0.272 e. The highest BCUT2D eigenvalue weighted by Crippen LogP contribution is 2.27. The third kappa shape index (κ3) is 4.03. The number of carbonyl (C=O) groups is 1. The zero-order valence-corrected chi connectivity index (χ0v) is 16.4. The SMILES string of the molecule is Cc1ccc(-n2nc(C(=O)NCC3CNCC3O)c3c2CCCC3)cc1.Cl. The number of β-amino-alcohol motifs (C(OH)–C–C–N with tert-alkyl or cyclic N) is 1. The van der Waals surface area contributed by atoms with Gasteiger partial charge in [-0.25, -0.2) is 4.68 Å². The molecule has 1 aromatic heterocycles. The van der Waals surface area contributed by atoms with Gasteiger partial charge in [0.15, 0.2) is 5.69 Å². The lowest BCUT2D eigenvalue weighted by Crippen LogP contribution is -2.35. The minimum atomic E-state index is -0.394. The maximum Gasteiger partial charge on any atom is 0.272 e. The van der Waals surface area contributed by atoms with Gasteiger partial charge in [0.25, 0.3) is 5.91 Å². The van der Waals surface area contributed by atoms with Crippen molar-refractivity contribution in [3.8, 4) is 5.69 Å². The number of aryl methyl sites for hydroxylation is 1. The van der Waals surface area contributed by atoms with Crippen molar-refractivity contribution in [2.45, 2.75) is 38.7 Å². The average Bonchev–Trinajstić information content (AvgIpc) is 3.24. The molecule has 1 aliphatic heterocycles. The molecule has 3 N–H and O–H groups in total. The zero-order valence-electron chi connectivity index (χ0n) is 15.6. The van der Waals surface area contributed by atoms with Gasteiger partial charge in [0.05, 0.1) is 11.8 Å². The van der Waals surface area contributed by atoms with E-state index in [1.165, 1.54) is 5.56 Å². The zero-order chi connectivity index (χ0) is 18.1. The molecule has 27 heavy (non-hydrogen) atoms. The molecule has 0 bridgehead atoms. The van der Waals surface area contributed by atoms with Gasteiger partial charge in [0.2, 0.25) is 0 Å². The van der Waals surface area contributed by atoms with Gasteiger partial charge in [-0.05, 0) is 44.7 Å². The van der Waals surface area contributed by atoms with Crippen LogP contribution >= 0.6 is 12.4 Å². The number of aliphatic hydroxyl groups is 1. The molecule has 0 radical (unpaired) electrons. The Bertz CT molecular complexity index is 803. The Labute approximate surface area is 165 Å². The van der Waals surface area contributed by atoms with Gasteiger partial charge in [0, 0.05) is 36.8 Å². The van der Waals surface area contributed by atoms with Gasteiger partial charge >= 0.3 is 0 Å². The molecule has 146 valence electrons. The van der Waals surface area contributed by atoms with Crippen molar-refractivity contribution in [3.63, 3.8) is 0 Å². The molecule has 0 saturated carbocycles. The molecule has 1 fully saturated rings. The second-order valence-corrected chi connectivity index (χ2v) is 7.42. The van der Waals surface area contributed by atoms with Crippen molar-refractivity contribution >= 4 is 18.3 Å². The molecule has 1 saturated heterocycles. The van der Waals surface area contributed by atoms with Crippen LogP contribution in [0.2, 0.25) is 0 Å². The molecule has 2 atom stereocenters. The summed E-state index contributed by atoms with van der Waals surface area (Å²) in [6, 6.07) is 8.25. The second-order valence-electron chi connectivity index (χ2n) is 7.42. The van der Waals surface area contributed by atoms with Crippen LogP contribution in [-0.4, -0.2) is 46.5 Å². The van der Waals surface area contributed by atoms with Crippen molar-refractivity contribution < 1.29 is 9.90 Å². The van der Waals surface area contributed by atoms with E-state index in [2.05, 4.69) is 46.9 Å². The summed E-state index contributed by atoms with van der Waals surface area (Å²) in [5.41, 5.74) is 4.99. The lowest BCUT2D eigenvalue weighted by molar-refractivity contribution is 0.0920. The fraction of sp³-hybridized carbons (Fsp3) is 0.500. The molecular formula is C20H27ClN4O2. The number of nitrogens with one attached hydrogen (secondary N) is 2. The quantitative estimate of drug-likeness (QED) is 0.743. The molecule has 1 aromatic carbocycles. The number of aliphatic hydroxyl groups excluding tert-OH is 1. The number of amides is 1. The highest BCUT2D eigenvalue weighted by Gasteiger charge is 2.28. The van der Waals surface area contributed by atoms with Crippen LogP contribution in [0.15, 0.2) is 24.3 Å². The first-order valence-electron chi connectivity index (χ1n) is 9.48. The maximum atomic E-state index is 12.8. The summed E-state index contributed by atoms with van der Waals surface area (Å²) < 4.78 is 1.94. The molecule has 0 spiro atoms. The number of nitrogens with zero attached hydrogens (tertiary/aromatic N) is 2. The molecule has 2 aliphatic rings. The van der Waals surface area contributed by atoms with Gasteiger partial charge in [-0.1, -0.05) is 17.7 Å². The van der Waals surface area contributed by atoms with Crippen LogP contribution in [0.1, 0.15) is 40.2 Å². The van der Waals surface area contributed by atoms with Gasteiger partial charge < -0.3 is 15.7 Å². The van der Waals surface area contributed by atoms with Gasteiger partial charge in [-0.2, -0.15) is 5.10 Å². The molecule has 2 aromatic rings. The van der Waals surface area contributed by atoms with Gasteiger partial charge in [-0.15, -0.1) is 12.4 Å². The summed E-state index contributed by atoms with van der Waals surface area (Å²) in [4.78, 5) is 12.8. The highest BCUT2D eigenvalue weighted by molar-refractivity contribution is 5.94. The summed E-state index contributed by atoms with van der Waals surface area (Å²) in [5, 5.41) is 20.7. The summed E-state index contributed by atoms with van der Waals surface area (Å²) >= 11 is 0. The van der Waals surface area contributed by atoms with Crippen molar-refractivity contribution in [1.82, 2.24) is 20.4 Å². The van der Waals surface area contributed by atoms with E-state index >= 15 is 0 Å². The van der Waals surface area contributed by atoms with Crippen LogP contribution in [0.5, 0.6) is 0 Å². The predicted molar refractivity (Wildman–Crippen MR) is 107 cm³/mol. The Morgan fingerprint density at radius 3 is 2.70 bits per heavy atom. The summed E-state index contributed by atoms with van der Waals surface area (Å²) in [7, 11) is 0. The molecule has 2 unspecified atom stereocenters. The molecular weight excluding hydrogens is 364 g/mol. The fourth-order valence-corrected chi connectivity index (χ4v) is 3.92. The number of rotatable bonds is 4. The minimum Gasteiger partial charge on any atom is -0.391 e. The molecule has 4 rings (SSSR count). The summed E-state index contributed by atoms with van der Waals surface area (Å²) in [5.74, 6) is -0.0675. The Morgan fingerprint density at radius 2 is 2.00 bits per heavy atom. The van der Waals surface area contributed by atoms with Crippen molar-refractivity contribution in [3.05, 3.63) is 46.8 Å². The van der Waals surface area contributed by atoms with E-state index in [1.54, 1.807) is 0 Å². The standard InChI is InChI=1S/C20H26N4O2.ClH/c1-13-6-8-15(9-7-13)24-17-5-3-2-4-16(17)19(23-24)20(26)22-11-14-10-21-12-18(14)25;/h6-9,14,18,21,25H,2-5,10-12H2,1H3,(H,22,26);1H. The van der Waals surface area contributed by atoms with E-state index in [9.17, 15) is 9.90 Å². The normalized spacial score (nSPS) is 21.4. The monoisotopic (exact) mass is 390 g/mol. The van der Waals surface area contributed by atoms with Crippen LogP contribution in [-0.2, 0) is 12.8 Å². The first-order valence-corrected chi connectivity index (χ1v) is 9.48. The predicted octanol–water partition coefficient (Wildman–Crippen LogP) is 1.79. The molecule has 2 heterocycles. The number of halogens is 1. The third-order valence-corrected chi connectivity index (χ3v) is 5.50. The third-order valence-electron chi connectivity index (χ3n) is 5.50. The van der Waals surface area contributed by atoms with E-state index < -0.39 is 6.10 Å². The van der Waals surface area contributed by atoms with E-state index in [1.807, 2.05) is 4.68 Å². The van der Waals surface area contributed by atoms with E-state index in [-0.39, 0.29) is 24.2 Å². The first kappa shape index (κ1) is 19.9. The van der Waals surface area contributed by atoms with Gasteiger partial charge in [-0.3, -0.25) is 4.79 Å². The Kier molecular flexibility index (Phi) is 6.19. The van der Waals surface area contributed by atoms with Crippen LogP contribution in [0.25, 0.3) is 5.69 Å². The topological polar surface area (TPSA) is 79.2 Å². The number of carbonyl (C=O) groups excluding carboxylic acids is 1. The average molecular weight is 391 g/mol. The summed E-state index contributed by atoms with van der Waals surface area (Å²) in [6.45, 7) is 3.86. The number of hydrogen-bond donors (Lipinski definition) is 3. The van der Waals surface area contributed by atoms with Crippen LogP contribution < -0.4 is 10.6 Å². The van der Waals surface area contributed by atoms with E-state index in [4.69, 9.17) is 0 Å². The number of aromatic nitrogens is 2. The highest BCUT2D eigenvalue weighted by atomic mass is 35.5. The van der Waals surface area contributed by atoms with Gasteiger partial charge in [0.1, 0.15) is 0 Å². The number of hydrogen-bond acceptors (Lipinski definition) is 4. The van der Waals surface area contributed by atoms with Crippen molar-refractivity contribution in [2.24, 2.45) is 5.92 Å². The minimum absolute atomic E-state index is 0. The van der Waals surface area contributed by atoms with E-state index in [0.717, 1.165) is 49.2 Å². The lowest BCUT2D eigenvalue weighted by Gasteiger charge is -2.15. The van der Waals surface area contributed by atoms with Crippen LogP contribution in [0.4, 0.5) is 0 Å². The maximum absolute atomic E-state index is 12.8. The Hall–Kier alpha value is -1.89. The molecule has 1 aliphatic carbocycles. The van der Waals surface area contributed by atoms with Crippen molar-refractivity contribution in [1.29, 1.82) is 0 Å². The van der Waals surface area contributed by atoms with Crippen LogP contribution in [0, 0.1) is 12.8 Å². The molecule has 6 nitrogen and oxygen atoms in total. The van der Waals surface area contributed by atoms with E-state index in [0.29, 0.717) is 18.8 Å². The number of fused-ring (bicyclic) bond motifs is 1. The largest absolute Gasteiger partial charge is 0.391 e.